The molecule has 0 aromatic heterocycles. The Hall–Kier alpha value is -0.420. The number of nitrogens with two attached hydrogens (primary N) is 1. The monoisotopic (exact) mass is 211 g/mol. The molecule has 0 saturated heterocycles. The van der Waals surface area contributed by atoms with Crippen LogP contribution in [0.15, 0.2) is 0 Å². The van der Waals surface area contributed by atoms with Gasteiger partial charge in [-0.2, -0.15) is 0 Å². The molecule has 0 fully saturated rings. The molecule has 2 unspecified atom stereocenters. The van der Waals surface area contributed by atoms with E-state index in [0.717, 1.165) is 6.92 Å². The lowest BCUT2D eigenvalue weighted by Gasteiger charge is -2.30. The van der Waals surface area contributed by atoms with Crippen molar-refractivity contribution in [3.8, 4) is 0 Å². The average Bonchev–Trinajstić information content (AvgIpc) is 1.82. The van der Waals surface area contributed by atoms with Crippen LogP contribution in [0.1, 0.15) is 20.3 Å². The molecule has 0 bridgehead atoms. The number of rotatable bonds is 4. The molecule has 0 saturated carbocycles. The van der Waals surface area contributed by atoms with Crippen molar-refractivity contribution in [1.82, 2.24) is 0 Å². The van der Waals surface area contributed by atoms with E-state index in [4.69, 9.17) is 20.6 Å². The van der Waals surface area contributed by atoms with Crippen LogP contribution in [0.4, 0.5) is 0 Å². The molecule has 0 aliphatic rings. The summed E-state index contributed by atoms with van der Waals surface area (Å²) in [6.45, 7) is 2.55. The van der Waals surface area contributed by atoms with Crippen LogP contribution in [0.5, 0.6) is 0 Å². The molecule has 13 heavy (non-hydrogen) atoms. The van der Waals surface area contributed by atoms with Crippen molar-refractivity contribution in [3.05, 3.63) is 0 Å². The van der Waals surface area contributed by atoms with Crippen LogP contribution in [0.2, 0.25) is 0 Å². The van der Waals surface area contributed by atoms with Crippen LogP contribution in [0.3, 0.4) is 0 Å². The van der Waals surface area contributed by atoms with Crippen LogP contribution >= 0.6 is 7.60 Å². The largest absolute Gasteiger partial charge is 0.481 e. The molecule has 0 aromatic rings. The van der Waals surface area contributed by atoms with Crippen molar-refractivity contribution in [3.63, 3.8) is 0 Å². The maximum atomic E-state index is 10.9. The van der Waals surface area contributed by atoms with E-state index in [9.17, 15) is 9.36 Å². The Morgan fingerprint density at radius 1 is 1.62 bits per heavy atom. The normalized spacial score (nSPS) is 19.2. The van der Waals surface area contributed by atoms with Crippen LogP contribution < -0.4 is 5.73 Å². The third kappa shape index (κ3) is 3.08. The second-order valence-corrected chi connectivity index (χ2v) is 5.32. The zero-order valence-electron chi connectivity index (χ0n) is 7.47. The topological polar surface area (TPSA) is 121 Å². The zero-order valence-corrected chi connectivity index (χ0v) is 8.36. The number of aliphatic carboxylic acids is 1. The Morgan fingerprint density at radius 3 is 2.23 bits per heavy atom. The highest BCUT2D eigenvalue weighted by Crippen LogP contribution is 2.51. The van der Waals surface area contributed by atoms with Crippen molar-refractivity contribution in [2.75, 3.05) is 0 Å². The number of hydrogen-bond donors (Lipinski definition) is 4. The summed E-state index contributed by atoms with van der Waals surface area (Å²) in [4.78, 5) is 27.9. The molecule has 0 radical (unpaired) electrons. The fourth-order valence-electron chi connectivity index (χ4n) is 0.756. The predicted molar refractivity (Wildman–Crippen MR) is 46.1 cm³/mol. The molecule has 7 heteroatoms. The van der Waals surface area contributed by atoms with Gasteiger partial charge in [0, 0.05) is 0 Å². The van der Waals surface area contributed by atoms with Gasteiger partial charge in [0.2, 0.25) is 0 Å². The van der Waals surface area contributed by atoms with Gasteiger partial charge >= 0.3 is 13.6 Å². The number of carboxylic acids is 1. The summed E-state index contributed by atoms with van der Waals surface area (Å²) in [5.74, 6) is -1.91. The summed E-state index contributed by atoms with van der Waals surface area (Å²) < 4.78 is 10.9. The van der Waals surface area contributed by atoms with Gasteiger partial charge in [-0.3, -0.25) is 9.36 Å². The van der Waals surface area contributed by atoms with Gasteiger partial charge in [-0.05, 0) is 12.8 Å². The van der Waals surface area contributed by atoms with Gasteiger partial charge in [-0.15, -0.1) is 0 Å². The van der Waals surface area contributed by atoms with Crippen LogP contribution in [0, 0.1) is 5.92 Å². The molecule has 5 N–H and O–H groups in total. The van der Waals surface area contributed by atoms with E-state index >= 15 is 0 Å². The van der Waals surface area contributed by atoms with Gasteiger partial charge in [0.15, 0.2) is 0 Å². The summed E-state index contributed by atoms with van der Waals surface area (Å²) in [5, 5.41) is 6.62. The van der Waals surface area contributed by atoms with Crippen molar-refractivity contribution in [2.24, 2.45) is 11.7 Å². The van der Waals surface area contributed by atoms with Gasteiger partial charge in [0.05, 0.1) is 6.42 Å². The summed E-state index contributed by atoms with van der Waals surface area (Å²) >= 11 is 0. The molecule has 0 aliphatic heterocycles. The Labute approximate surface area is 75.9 Å². The Balaban J connectivity index is 4.64. The average molecular weight is 211 g/mol. The van der Waals surface area contributed by atoms with E-state index in [-0.39, 0.29) is 6.42 Å². The second-order valence-electron chi connectivity index (χ2n) is 3.27. The Bertz CT molecular complexity index is 245. The highest BCUT2D eigenvalue weighted by Gasteiger charge is 2.43. The van der Waals surface area contributed by atoms with E-state index in [1.54, 1.807) is 0 Å². The van der Waals surface area contributed by atoms with E-state index in [2.05, 4.69) is 0 Å². The molecule has 2 atom stereocenters. The Morgan fingerprint density at radius 2 is 2.00 bits per heavy atom. The van der Waals surface area contributed by atoms with E-state index in [1.807, 2.05) is 0 Å². The van der Waals surface area contributed by atoms with Gasteiger partial charge in [-0.1, -0.05) is 6.92 Å². The van der Waals surface area contributed by atoms with Crippen LogP contribution in [-0.2, 0) is 9.36 Å². The first-order valence-corrected chi connectivity index (χ1v) is 5.26. The van der Waals surface area contributed by atoms with Crippen molar-refractivity contribution < 1.29 is 24.3 Å². The number of hydrogen-bond acceptors (Lipinski definition) is 3. The molecular formula is C6H14NO5P. The molecule has 0 spiro atoms. The lowest BCUT2D eigenvalue weighted by Crippen LogP contribution is -2.43. The number of carboxylic acid groups (broad SMARTS) is 1. The Kier molecular flexibility index (Phi) is 3.63. The summed E-state index contributed by atoms with van der Waals surface area (Å²) in [6.07, 6.45) is -0.363. The highest BCUT2D eigenvalue weighted by atomic mass is 31.2. The molecule has 6 nitrogen and oxygen atoms in total. The lowest BCUT2D eigenvalue weighted by molar-refractivity contribution is -0.138. The standard InChI is InChI=1S/C6H14NO5P/c1-4(3-5(8)9)6(2,7)13(10,11)12/h4H,3,7H2,1-2H3,(H,8,9)(H2,10,11,12). The maximum Gasteiger partial charge on any atom is 0.345 e. The van der Waals surface area contributed by atoms with Gasteiger partial charge in [0.1, 0.15) is 5.28 Å². The minimum atomic E-state index is -4.47. The van der Waals surface area contributed by atoms with Crippen LogP contribution in [-0.4, -0.2) is 26.1 Å². The fourth-order valence-corrected chi connectivity index (χ4v) is 1.42. The van der Waals surface area contributed by atoms with Gasteiger partial charge in [-0.25, -0.2) is 0 Å². The summed E-state index contributed by atoms with van der Waals surface area (Å²) in [6, 6.07) is 0. The van der Waals surface area contributed by atoms with E-state index < -0.39 is 24.8 Å². The smallest absolute Gasteiger partial charge is 0.345 e. The van der Waals surface area contributed by atoms with Crippen molar-refractivity contribution in [2.45, 2.75) is 25.5 Å². The van der Waals surface area contributed by atoms with Gasteiger partial charge in [0.25, 0.3) is 0 Å². The zero-order chi connectivity index (χ0) is 10.9. The SMILES string of the molecule is CC(CC(=O)O)C(C)(N)P(=O)(O)O. The van der Waals surface area contributed by atoms with E-state index in [1.165, 1.54) is 6.92 Å². The van der Waals surface area contributed by atoms with Crippen molar-refractivity contribution >= 4 is 13.6 Å². The molecular weight excluding hydrogens is 197 g/mol. The second kappa shape index (κ2) is 3.75. The maximum absolute atomic E-state index is 10.9. The first kappa shape index (κ1) is 12.6. The molecule has 0 rings (SSSR count). The molecule has 0 aromatic carbocycles. The quantitative estimate of drug-likeness (QED) is 0.484. The molecule has 0 aliphatic carbocycles. The minimum absolute atomic E-state index is 0.363. The number of carbonyl (C=O) groups is 1. The predicted octanol–water partition coefficient (Wildman–Crippen LogP) is -0.0502. The highest BCUT2D eigenvalue weighted by molar-refractivity contribution is 7.53. The fraction of sp³-hybridized carbons (Fsp3) is 0.833. The third-order valence-electron chi connectivity index (χ3n) is 2.11. The minimum Gasteiger partial charge on any atom is -0.481 e. The van der Waals surface area contributed by atoms with E-state index in [0.29, 0.717) is 0 Å². The molecule has 0 heterocycles. The summed E-state index contributed by atoms with van der Waals surface area (Å²) in [7, 11) is -4.47. The third-order valence-corrected chi connectivity index (χ3v) is 3.80. The first-order valence-electron chi connectivity index (χ1n) is 3.65. The molecule has 78 valence electrons. The first-order chi connectivity index (χ1) is 5.59. The lowest BCUT2D eigenvalue weighted by atomic mass is 10.0. The summed E-state index contributed by atoms with van der Waals surface area (Å²) in [5.41, 5.74) is 5.36. The van der Waals surface area contributed by atoms with Gasteiger partial charge < -0.3 is 20.6 Å². The van der Waals surface area contributed by atoms with Crippen molar-refractivity contribution in [1.29, 1.82) is 0 Å². The molecule has 0 amide bonds. The van der Waals surface area contributed by atoms with Crippen LogP contribution in [0.25, 0.3) is 0 Å².